The number of esters is 1. The fourth-order valence-electron chi connectivity index (χ4n) is 2.46. The quantitative estimate of drug-likeness (QED) is 0.474. The van der Waals surface area contributed by atoms with E-state index in [1.54, 1.807) is 25.1 Å². The largest absolute Gasteiger partial charge is 0.448 e. The van der Waals surface area contributed by atoms with Crippen LogP contribution in [0.4, 0.5) is 4.39 Å². The van der Waals surface area contributed by atoms with Gasteiger partial charge in [0.1, 0.15) is 10.7 Å². The normalized spacial score (nSPS) is 12.2. The third-order valence-electron chi connectivity index (χ3n) is 3.79. The Morgan fingerprint density at radius 2 is 1.92 bits per heavy atom. The molecule has 0 amide bonds. The Labute approximate surface area is 152 Å². The number of ether oxygens (including phenoxy) is 1. The Balaban J connectivity index is 1.50. The lowest BCUT2D eigenvalue weighted by molar-refractivity contribution is 0.0286. The molecule has 1 atom stereocenters. The van der Waals surface area contributed by atoms with Crippen LogP contribution >= 0.6 is 11.3 Å². The molecule has 0 radical (unpaired) electrons. The van der Waals surface area contributed by atoms with Crippen molar-refractivity contribution in [2.24, 2.45) is 0 Å². The Morgan fingerprint density at radius 1 is 1.15 bits per heavy atom. The van der Waals surface area contributed by atoms with E-state index in [4.69, 9.17) is 9.15 Å². The molecule has 2 heterocycles. The number of rotatable bonds is 4. The van der Waals surface area contributed by atoms with Gasteiger partial charge in [0, 0.05) is 10.3 Å². The van der Waals surface area contributed by atoms with Crippen molar-refractivity contribution < 1.29 is 18.3 Å². The molecule has 0 aliphatic carbocycles. The summed E-state index contributed by atoms with van der Waals surface area (Å²) in [7, 11) is 0. The highest BCUT2D eigenvalue weighted by molar-refractivity contribution is 7.20. The number of aromatic nitrogens is 2. The van der Waals surface area contributed by atoms with E-state index in [0.29, 0.717) is 10.4 Å². The molecular formula is C19H13FN2O3S. The van der Waals surface area contributed by atoms with E-state index >= 15 is 0 Å². The van der Waals surface area contributed by atoms with Gasteiger partial charge in [0.25, 0.3) is 5.89 Å². The smallest absolute Gasteiger partial charge is 0.349 e. The van der Waals surface area contributed by atoms with E-state index in [2.05, 4.69) is 10.2 Å². The molecule has 7 heteroatoms. The minimum Gasteiger partial charge on any atom is -0.448 e. The molecule has 0 saturated heterocycles. The number of halogens is 1. The van der Waals surface area contributed by atoms with Crippen molar-refractivity contribution in [2.75, 3.05) is 0 Å². The molecule has 0 aliphatic rings. The lowest BCUT2D eigenvalue weighted by Crippen LogP contribution is -2.08. The molecule has 4 aromatic rings. The summed E-state index contributed by atoms with van der Waals surface area (Å²) >= 11 is 1.37. The van der Waals surface area contributed by atoms with Gasteiger partial charge in [0.15, 0.2) is 6.10 Å². The Bertz CT molecular complexity index is 1040. The topological polar surface area (TPSA) is 65.2 Å². The molecular weight excluding hydrogens is 355 g/mol. The molecule has 4 rings (SSSR count). The number of carbonyl (C=O) groups is 1. The molecule has 0 unspecified atom stereocenters. The number of hydrogen-bond acceptors (Lipinski definition) is 6. The Hall–Kier alpha value is -3.06. The van der Waals surface area contributed by atoms with Crippen LogP contribution in [0.1, 0.15) is 28.6 Å². The van der Waals surface area contributed by atoms with Gasteiger partial charge in [-0.3, -0.25) is 0 Å². The number of fused-ring (bicyclic) bond motifs is 1. The fraction of sp³-hybridized carbons (Fsp3) is 0.105. The van der Waals surface area contributed by atoms with E-state index in [1.807, 2.05) is 24.3 Å². The van der Waals surface area contributed by atoms with Gasteiger partial charge in [-0.15, -0.1) is 21.5 Å². The van der Waals surface area contributed by atoms with Crippen molar-refractivity contribution in [3.63, 3.8) is 0 Å². The van der Waals surface area contributed by atoms with Crippen LogP contribution in [0.3, 0.4) is 0 Å². The van der Waals surface area contributed by atoms with Crippen LogP contribution in [-0.2, 0) is 4.74 Å². The third-order valence-corrected chi connectivity index (χ3v) is 4.89. The minimum absolute atomic E-state index is 0.179. The first-order valence-electron chi connectivity index (χ1n) is 7.89. The van der Waals surface area contributed by atoms with Crippen molar-refractivity contribution in [3.8, 4) is 11.5 Å². The van der Waals surface area contributed by atoms with Crippen molar-refractivity contribution in [1.29, 1.82) is 0 Å². The van der Waals surface area contributed by atoms with Crippen LogP contribution in [-0.4, -0.2) is 16.2 Å². The molecule has 26 heavy (non-hydrogen) atoms. The predicted octanol–water partition coefficient (Wildman–Crippen LogP) is 5.01. The molecule has 0 spiro atoms. The van der Waals surface area contributed by atoms with Gasteiger partial charge in [0.05, 0.1) is 0 Å². The summed E-state index contributed by atoms with van der Waals surface area (Å²) in [6, 6.07) is 15.2. The van der Waals surface area contributed by atoms with E-state index in [-0.39, 0.29) is 17.6 Å². The molecule has 0 N–H and O–H groups in total. The average Bonchev–Trinajstić information content (AvgIpc) is 3.29. The highest BCUT2D eigenvalue weighted by atomic mass is 32.1. The highest BCUT2D eigenvalue weighted by Gasteiger charge is 2.21. The summed E-state index contributed by atoms with van der Waals surface area (Å²) in [5.74, 6) is -0.372. The van der Waals surface area contributed by atoms with E-state index in [0.717, 1.165) is 10.1 Å². The van der Waals surface area contributed by atoms with Gasteiger partial charge in [-0.1, -0.05) is 18.2 Å². The molecule has 0 fully saturated rings. The van der Waals surface area contributed by atoms with Gasteiger partial charge >= 0.3 is 5.97 Å². The van der Waals surface area contributed by atoms with Crippen molar-refractivity contribution >= 4 is 27.4 Å². The number of hydrogen-bond donors (Lipinski definition) is 0. The van der Waals surface area contributed by atoms with Crippen molar-refractivity contribution in [1.82, 2.24) is 10.2 Å². The zero-order valence-electron chi connectivity index (χ0n) is 13.7. The van der Waals surface area contributed by atoms with Crippen LogP contribution < -0.4 is 0 Å². The molecule has 0 aliphatic heterocycles. The van der Waals surface area contributed by atoms with Gasteiger partial charge in [0.2, 0.25) is 5.89 Å². The first-order chi connectivity index (χ1) is 12.6. The summed E-state index contributed by atoms with van der Waals surface area (Å²) in [5, 5.41) is 8.84. The van der Waals surface area contributed by atoms with Crippen LogP contribution in [0.2, 0.25) is 0 Å². The standard InChI is InChI=1S/C19H13FN2O3S/c1-11(17-21-22-18(25-17)12-6-8-14(20)9-7-12)24-19(23)16-10-13-4-2-3-5-15(13)26-16/h2-11H,1H3/t11-/m0/s1. The maximum absolute atomic E-state index is 13.0. The second kappa shape index (κ2) is 6.68. The predicted molar refractivity (Wildman–Crippen MR) is 95.3 cm³/mol. The van der Waals surface area contributed by atoms with Gasteiger partial charge in [-0.2, -0.15) is 0 Å². The number of thiophene rings is 1. The SMILES string of the molecule is C[C@H](OC(=O)c1cc2ccccc2s1)c1nnc(-c2ccc(F)cc2)o1. The lowest BCUT2D eigenvalue weighted by Gasteiger charge is -2.07. The molecule has 5 nitrogen and oxygen atoms in total. The van der Waals surface area contributed by atoms with Crippen molar-refractivity contribution in [3.05, 3.63) is 71.2 Å². The van der Waals surface area contributed by atoms with Gasteiger partial charge in [-0.05, 0) is 48.7 Å². The second-order valence-corrected chi connectivity index (χ2v) is 6.73. The maximum atomic E-state index is 13.0. The summed E-state index contributed by atoms with van der Waals surface area (Å²) in [5.41, 5.74) is 0.591. The number of benzene rings is 2. The first kappa shape index (κ1) is 16.4. The first-order valence-corrected chi connectivity index (χ1v) is 8.71. The monoisotopic (exact) mass is 368 g/mol. The molecule has 2 aromatic heterocycles. The average molecular weight is 368 g/mol. The second-order valence-electron chi connectivity index (χ2n) is 5.65. The van der Waals surface area contributed by atoms with E-state index in [9.17, 15) is 9.18 Å². The van der Waals surface area contributed by atoms with Crippen molar-refractivity contribution in [2.45, 2.75) is 13.0 Å². The van der Waals surface area contributed by atoms with E-state index < -0.39 is 12.1 Å². The summed E-state index contributed by atoms with van der Waals surface area (Å²) in [6.45, 7) is 1.66. The number of nitrogens with zero attached hydrogens (tertiary/aromatic N) is 2. The Kier molecular flexibility index (Phi) is 4.22. The molecule has 2 aromatic carbocycles. The molecule has 0 saturated carbocycles. The summed E-state index contributed by atoms with van der Waals surface area (Å²) in [6.07, 6.45) is -0.700. The van der Waals surface area contributed by atoms with E-state index in [1.165, 1.54) is 23.5 Å². The highest BCUT2D eigenvalue weighted by Crippen LogP contribution is 2.28. The zero-order chi connectivity index (χ0) is 18.1. The van der Waals surface area contributed by atoms with Gasteiger partial charge in [-0.25, -0.2) is 9.18 Å². The Morgan fingerprint density at radius 3 is 2.69 bits per heavy atom. The molecule has 130 valence electrons. The summed E-state index contributed by atoms with van der Waals surface area (Å²) in [4.78, 5) is 12.9. The van der Waals surface area contributed by atoms with Crippen LogP contribution in [0.5, 0.6) is 0 Å². The fourth-order valence-corrected chi connectivity index (χ4v) is 3.41. The lowest BCUT2D eigenvalue weighted by atomic mass is 10.2. The zero-order valence-corrected chi connectivity index (χ0v) is 14.5. The third kappa shape index (κ3) is 3.21. The number of carbonyl (C=O) groups excluding carboxylic acids is 1. The summed E-state index contributed by atoms with van der Waals surface area (Å²) < 4.78 is 25.0. The van der Waals surface area contributed by atoms with Crippen LogP contribution in [0.25, 0.3) is 21.5 Å². The molecule has 0 bridgehead atoms. The van der Waals surface area contributed by atoms with Crippen LogP contribution in [0.15, 0.2) is 59.0 Å². The van der Waals surface area contributed by atoms with Crippen LogP contribution in [0, 0.1) is 5.82 Å². The minimum atomic E-state index is -0.700. The van der Waals surface area contributed by atoms with Gasteiger partial charge < -0.3 is 9.15 Å². The maximum Gasteiger partial charge on any atom is 0.349 e.